The van der Waals surface area contributed by atoms with E-state index < -0.39 is 0 Å². The summed E-state index contributed by atoms with van der Waals surface area (Å²) in [5, 5.41) is 3.06. The average molecular weight is 330 g/mol. The third-order valence-electron chi connectivity index (χ3n) is 5.04. The van der Waals surface area contributed by atoms with E-state index in [1.807, 2.05) is 29.2 Å². The molecule has 130 valence electrons. The second kappa shape index (κ2) is 7.79. The van der Waals surface area contributed by atoms with Crippen molar-refractivity contribution in [2.75, 3.05) is 25.0 Å². The Morgan fingerprint density at radius 2 is 1.96 bits per heavy atom. The van der Waals surface area contributed by atoms with E-state index in [2.05, 4.69) is 12.2 Å². The van der Waals surface area contributed by atoms with Crippen molar-refractivity contribution in [2.45, 2.75) is 45.1 Å². The van der Waals surface area contributed by atoms with Crippen LogP contribution in [0.2, 0.25) is 0 Å². The summed E-state index contributed by atoms with van der Waals surface area (Å²) < 4.78 is 5.48. The fourth-order valence-corrected chi connectivity index (χ4v) is 3.52. The number of carbonyl (C=O) groups is 2. The maximum absolute atomic E-state index is 12.5. The van der Waals surface area contributed by atoms with Crippen LogP contribution >= 0.6 is 0 Å². The predicted octanol–water partition coefficient (Wildman–Crippen LogP) is 2.61. The van der Waals surface area contributed by atoms with Crippen LogP contribution < -0.4 is 5.32 Å². The molecule has 2 amide bonds. The molecular weight excluding hydrogens is 304 g/mol. The molecule has 1 atom stereocenters. The van der Waals surface area contributed by atoms with E-state index in [0.29, 0.717) is 19.7 Å². The summed E-state index contributed by atoms with van der Waals surface area (Å²) in [6.07, 6.45) is 3.87. The fraction of sp³-hybridized carbons (Fsp3) is 0.579. The summed E-state index contributed by atoms with van der Waals surface area (Å²) in [5.41, 5.74) is 2.06. The number of amides is 2. The number of carbonyl (C=O) groups excluding carboxylic acids is 2. The second-order valence-corrected chi connectivity index (χ2v) is 6.60. The molecule has 0 aliphatic carbocycles. The van der Waals surface area contributed by atoms with Crippen molar-refractivity contribution in [2.24, 2.45) is 5.92 Å². The quantitative estimate of drug-likeness (QED) is 0.923. The lowest BCUT2D eigenvalue weighted by atomic mass is 9.95. The molecule has 3 rings (SSSR count). The van der Waals surface area contributed by atoms with Gasteiger partial charge in [-0.3, -0.25) is 9.59 Å². The van der Waals surface area contributed by atoms with Crippen LogP contribution in [0.1, 0.15) is 38.2 Å². The van der Waals surface area contributed by atoms with E-state index in [0.717, 1.165) is 43.4 Å². The van der Waals surface area contributed by atoms with Gasteiger partial charge in [0.25, 0.3) is 5.91 Å². The van der Waals surface area contributed by atoms with Crippen LogP contribution in [0, 0.1) is 5.92 Å². The molecule has 0 radical (unpaired) electrons. The van der Waals surface area contributed by atoms with Crippen molar-refractivity contribution in [1.82, 2.24) is 4.90 Å². The van der Waals surface area contributed by atoms with Gasteiger partial charge >= 0.3 is 0 Å². The Morgan fingerprint density at radius 3 is 2.62 bits per heavy atom. The minimum Gasteiger partial charge on any atom is -0.368 e. The van der Waals surface area contributed by atoms with Gasteiger partial charge in [-0.05, 0) is 43.7 Å². The second-order valence-electron chi connectivity index (χ2n) is 6.60. The molecule has 0 spiro atoms. The first-order chi connectivity index (χ1) is 11.7. The fourth-order valence-electron chi connectivity index (χ4n) is 3.52. The zero-order chi connectivity index (χ0) is 16.9. The van der Waals surface area contributed by atoms with E-state index in [9.17, 15) is 9.59 Å². The van der Waals surface area contributed by atoms with Crippen molar-refractivity contribution in [1.29, 1.82) is 0 Å². The van der Waals surface area contributed by atoms with Gasteiger partial charge in [-0.1, -0.05) is 25.1 Å². The van der Waals surface area contributed by atoms with Gasteiger partial charge in [0.1, 0.15) is 6.10 Å². The highest BCUT2D eigenvalue weighted by molar-refractivity contribution is 5.93. The zero-order valence-electron chi connectivity index (χ0n) is 14.3. The van der Waals surface area contributed by atoms with Crippen LogP contribution in [0.5, 0.6) is 0 Å². The van der Waals surface area contributed by atoms with Crippen molar-refractivity contribution < 1.29 is 14.3 Å². The highest BCUT2D eigenvalue weighted by Crippen LogP contribution is 2.23. The number of nitrogens with zero attached hydrogens (tertiary/aromatic N) is 1. The number of rotatable bonds is 4. The molecule has 1 aromatic rings. The smallest absolute Gasteiger partial charge is 0.251 e. The molecule has 0 saturated carbocycles. The van der Waals surface area contributed by atoms with Crippen LogP contribution in [-0.2, 0) is 20.7 Å². The highest BCUT2D eigenvalue weighted by atomic mass is 16.5. The summed E-state index contributed by atoms with van der Waals surface area (Å²) in [6, 6.07) is 7.92. The molecular formula is C19H26N2O3. The first-order valence-electron chi connectivity index (χ1n) is 8.98. The number of piperidine rings is 1. The van der Waals surface area contributed by atoms with Gasteiger partial charge in [0.15, 0.2) is 0 Å². The lowest BCUT2D eigenvalue weighted by Crippen LogP contribution is -2.45. The molecule has 5 heteroatoms. The van der Waals surface area contributed by atoms with Crippen molar-refractivity contribution >= 4 is 17.5 Å². The molecule has 2 heterocycles. The van der Waals surface area contributed by atoms with Crippen LogP contribution in [-0.4, -0.2) is 42.5 Å². The number of nitrogens with one attached hydrogen (secondary N) is 1. The molecule has 2 saturated heterocycles. The van der Waals surface area contributed by atoms with Crippen molar-refractivity contribution in [3.8, 4) is 0 Å². The zero-order valence-corrected chi connectivity index (χ0v) is 14.3. The maximum Gasteiger partial charge on any atom is 0.251 e. The van der Waals surface area contributed by atoms with Gasteiger partial charge in [0, 0.05) is 31.3 Å². The molecule has 2 fully saturated rings. The number of anilines is 1. The normalized spacial score (nSPS) is 21.7. The molecule has 0 bridgehead atoms. The summed E-state index contributed by atoms with van der Waals surface area (Å²) >= 11 is 0. The third-order valence-corrected chi connectivity index (χ3v) is 5.04. The maximum atomic E-state index is 12.5. The Kier molecular flexibility index (Phi) is 5.51. The molecule has 0 aromatic heterocycles. The first kappa shape index (κ1) is 17.0. The van der Waals surface area contributed by atoms with Gasteiger partial charge in [0.05, 0.1) is 0 Å². The van der Waals surface area contributed by atoms with Crippen LogP contribution in [0.3, 0.4) is 0 Å². The number of hydrogen-bond acceptors (Lipinski definition) is 3. The van der Waals surface area contributed by atoms with E-state index in [-0.39, 0.29) is 23.8 Å². The predicted molar refractivity (Wildman–Crippen MR) is 92.7 cm³/mol. The highest BCUT2D eigenvalue weighted by Gasteiger charge is 2.32. The van der Waals surface area contributed by atoms with Gasteiger partial charge in [-0.25, -0.2) is 0 Å². The van der Waals surface area contributed by atoms with Crippen molar-refractivity contribution in [3.63, 3.8) is 0 Å². The summed E-state index contributed by atoms with van der Waals surface area (Å²) in [7, 11) is 0. The minimum absolute atomic E-state index is 0.0246. The lowest BCUT2D eigenvalue weighted by molar-refractivity contribution is -0.143. The molecule has 24 heavy (non-hydrogen) atoms. The Labute approximate surface area is 143 Å². The molecule has 1 N–H and O–H groups in total. The average Bonchev–Trinajstić information content (AvgIpc) is 3.16. The summed E-state index contributed by atoms with van der Waals surface area (Å²) in [4.78, 5) is 26.7. The van der Waals surface area contributed by atoms with Gasteiger partial charge in [-0.15, -0.1) is 0 Å². The molecule has 1 unspecified atom stereocenters. The minimum atomic E-state index is -0.258. The third kappa shape index (κ3) is 3.78. The van der Waals surface area contributed by atoms with E-state index in [4.69, 9.17) is 4.74 Å². The van der Waals surface area contributed by atoms with Crippen LogP contribution in [0.15, 0.2) is 24.3 Å². The number of likely N-dealkylation sites (tertiary alicyclic amines) is 1. The molecule has 2 aliphatic rings. The Balaban J connectivity index is 1.52. The van der Waals surface area contributed by atoms with E-state index >= 15 is 0 Å². The van der Waals surface area contributed by atoms with Gasteiger partial charge in [0.2, 0.25) is 5.91 Å². The van der Waals surface area contributed by atoms with Crippen LogP contribution in [0.4, 0.5) is 5.69 Å². The monoisotopic (exact) mass is 330 g/mol. The SMILES string of the molecule is CCc1ccccc1NC(=O)C1CCN(C(=O)C2CCCO2)CC1. The van der Waals surface area contributed by atoms with Gasteiger partial charge < -0.3 is 15.0 Å². The number of hydrogen-bond donors (Lipinski definition) is 1. The first-order valence-corrected chi connectivity index (χ1v) is 8.98. The van der Waals surface area contributed by atoms with E-state index in [1.54, 1.807) is 0 Å². The topological polar surface area (TPSA) is 58.6 Å². The molecule has 5 nitrogen and oxygen atoms in total. The number of para-hydroxylation sites is 1. The Morgan fingerprint density at radius 1 is 1.21 bits per heavy atom. The Bertz CT molecular complexity index is 588. The lowest BCUT2D eigenvalue weighted by Gasteiger charge is -2.32. The largest absolute Gasteiger partial charge is 0.368 e. The standard InChI is InChI=1S/C19H26N2O3/c1-2-14-6-3-4-7-16(14)20-18(22)15-9-11-21(12-10-15)19(23)17-8-5-13-24-17/h3-4,6-7,15,17H,2,5,8-13H2,1H3,(H,20,22). The number of benzene rings is 1. The number of aryl methyl sites for hydroxylation is 1. The molecule has 1 aromatic carbocycles. The summed E-state index contributed by atoms with van der Waals surface area (Å²) in [6.45, 7) is 4.06. The van der Waals surface area contributed by atoms with Crippen LogP contribution in [0.25, 0.3) is 0 Å². The summed E-state index contributed by atoms with van der Waals surface area (Å²) in [5.74, 6) is 0.145. The van der Waals surface area contributed by atoms with E-state index in [1.165, 1.54) is 0 Å². The number of ether oxygens (including phenoxy) is 1. The van der Waals surface area contributed by atoms with Crippen molar-refractivity contribution in [3.05, 3.63) is 29.8 Å². The molecule has 2 aliphatic heterocycles. The van der Waals surface area contributed by atoms with Gasteiger partial charge in [-0.2, -0.15) is 0 Å². The Hall–Kier alpha value is -1.88.